The van der Waals surface area contributed by atoms with Gasteiger partial charge in [0.1, 0.15) is 23.9 Å². The molecule has 0 saturated carbocycles. The minimum atomic E-state index is -5.28. The number of amides is 1. The van der Waals surface area contributed by atoms with Gasteiger partial charge in [-0.25, -0.2) is 9.37 Å². The highest BCUT2D eigenvalue weighted by Crippen LogP contribution is 2.46. The molecule has 0 radical (unpaired) electrons. The first-order valence-corrected chi connectivity index (χ1v) is 12.8. The number of carbonyl (C=O) groups is 1. The molecule has 5 N–H and O–H groups in total. The van der Waals surface area contributed by atoms with Crippen molar-refractivity contribution in [3.8, 4) is 22.8 Å². The molecule has 0 fully saturated rings. The Morgan fingerprint density at radius 3 is 2.50 bits per heavy atom. The van der Waals surface area contributed by atoms with E-state index in [1.807, 2.05) is 0 Å². The Kier molecular flexibility index (Phi) is 7.34. The zero-order chi connectivity index (χ0) is 30.4. The van der Waals surface area contributed by atoms with Crippen molar-refractivity contribution in [1.29, 1.82) is 0 Å². The summed E-state index contributed by atoms with van der Waals surface area (Å²) in [5, 5.41) is 23.9. The van der Waals surface area contributed by atoms with Gasteiger partial charge < -0.3 is 30.7 Å². The number of aromatic nitrogens is 1. The van der Waals surface area contributed by atoms with Crippen LogP contribution in [0.15, 0.2) is 60.7 Å². The Morgan fingerprint density at radius 2 is 1.86 bits per heavy atom. The van der Waals surface area contributed by atoms with Gasteiger partial charge in [0.25, 0.3) is 5.91 Å². The Bertz CT molecular complexity index is 1670. The van der Waals surface area contributed by atoms with Gasteiger partial charge in [-0.05, 0) is 66.4 Å². The molecule has 0 saturated heterocycles. The Hall–Kier alpha value is -4.26. The second-order valence-corrected chi connectivity index (χ2v) is 10.4. The van der Waals surface area contributed by atoms with Gasteiger partial charge in [0, 0.05) is 22.1 Å². The zero-order valence-corrected chi connectivity index (χ0v) is 22.6. The number of methoxy groups -OCH3 is 1. The first kappa shape index (κ1) is 29.2. The van der Waals surface area contributed by atoms with Crippen LogP contribution in [-0.4, -0.2) is 47.5 Å². The Morgan fingerprint density at radius 1 is 1.14 bits per heavy atom. The molecule has 2 atom stereocenters. The molecule has 3 aromatic carbocycles. The molecule has 0 bridgehead atoms. The number of aliphatic hydroxyl groups is 2. The summed E-state index contributed by atoms with van der Waals surface area (Å²) in [4.78, 5) is 17.2. The number of rotatable bonds is 7. The lowest BCUT2D eigenvalue weighted by atomic mass is 9.89. The van der Waals surface area contributed by atoms with Crippen LogP contribution < -0.4 is 20.5 Å². The van der Waals surface area contributed by atoms with Crippen molar-refractivity contribution < 1.29 is 42.0 Å². The van der Waals surface area contributed by atoms with Gasteiger partial charge in [-0.1, -0.05) is 12.1 Å². The summed E-state index contributed by atoms with van der Waals surface area (Å²) in [6, 6.07) is 13.7. The molecule has 0 spiro atoms. The smallest absolute Gasteiger partial charge is 0.424 e. The normalized spacial score (nSPS) is 17.8. The molecule has 42 heavy (non-hydrogen) atoms. The van der Waals surface area contributed by atoms with Crippen molar-refractivity contribution in [3.05, 3.63) is 88.9 Å². The molecule has 1 unspecified atom stereocenters. The SMILES string of the molecule is COc1cc(C(=O)NCC(O)(c2cc3c(c(-c4ccc(F)cc4)n2)OC[C@@]3(C)N)C(F)(F)F)cc2ccc(CO)cc12. The molecular formula is C30H27F4N3O5. The number of aliphatic hydroxyl groups excluding tert-OH is 1. The average molecular weight is 586 g/mol. The van der Waals surface area contributed by atoms with Gasteiger partial charge in [-0.15, -0.1) is 0 Å². The summed E-state index contributed by atoms with van der Waals surface area (Å²) in [5.74, 6) is -1.08. The van der Waals surface area contributed by atoms with Crippen LogP contribution in [-0.2, 0) is 17.7 Å². The second kappa shape index (κ2) is 10.5. The van der Waals surface area contributed by atoms with E-state index < -0.39 is 41.3 Å². The summed E-state index contributed by atoms with van der Waals surface area (Å²) in [5.41, 5.74) is 1.57. The maximum atomic E-state index is 14.6. The lowest BCUT2D eigenvalue weighted by molar-refractivity contribution is -0.265. The summed E-state index contributed by atoms with van der Waals surface area (Å²) in [6.45, 7) is -0.00313. The highest BCUT2D eigenvalue weighted by atomic mass is 19.4. The molecule has 1 aliphatic rings. The van der Waals surface area contributed by atoms with E-state index in [-0.39, 0.29) is 47.1 Å². The third-order valence-electron chi connectivity index (χ3n) is 7.27. The third-order valence-corrected chi connectivity index (χ3v) is 7.27. The second-order valence-electron chi connectivity index (χ2n) is 10.4. The van der Waals surface area contributed by atoms with E-state index in [0.29, 0.717) is 16.3 Å². The lowest BCUT2D eigenvalue weighted by Crippen LogP contribution is -2.51. The van der Waals surface area contributed by atoms with E-state index in [0.717, 1.165) is 18.2 Å². The first-order valence-electron chi connectivity index (χ1n) is 12.8. The van der Waals surface area contributed by atoms with Gasteiger partial charge in [-0.2, -0.15) is 13.2 Å². The number of alkyl halides is 3. The van der Waals surface area contributed by atoms with E-state index in [1.165, 1.54) is 31.4 Å². The maximum absolute atomic E-state index is 14.6. The van der Waals surface area contributed by atoms with Crippen LogP contribution in [0.2, 0.25) is 0 Å². The van der Waals surface area contributed by atoms with Crippen molar-refractivity contribution in [2.45, 2.75) is 30.8 Å². The van der Waals surface area contributed by atoms with Gasteiger partial charge in [0.05, 0.1) is 31.5 Å². The van der Waals surface area contributed by atoms with Gasteiger partial charge in [0.2, 0.25) is 5.60 Å². The minimum Gasteiger partial charge on any atom is -0.496 e. The fourth-order valence-corrected chi connectivity index (χ4v) is 4.83. The predicted octanol–water partition coefficient (Wildman–Crippen LogP) is 4.29. The van der Waals surface area contributed by atoms with Crippen LogP contribution in [0.5, 0.6) is 11.5 Å². The highest BCUT2D eigenvalue weighted by Gasteiger charge is 2.57. The number of halogens is 4. The summed E-state index contributed by atoms with van der Waals surface area (Å²) < 4.78 is 68.4. The number of ether oxygens (including phenoxy) is 2. The lowest BCUT2D eigenvalue weighted by Gasteiger charge is -2.31. The quantitative estimate of drug-likeness (QED) is 0.239. The molecule has 2 heterocycles. The van der Waals surface area contributed by atoms with Crippen LogP contribution in [0.4, 0.5) is 17.6 Å². The molecule has 1 aliphatic heterocycles. The molecule has 5 rings (SSSR count). The van der Waals surface area contributed by atoms with Crippen LogP contribution >= 0.6 is 0 Å². The molecule has 1 amide bonds. The number of nitrogens with two attached hydrogens (primary N) is 1. The number of carbonyl (C=O) groups excluding carboxylic acids is 1. The standard InChI is InChI=1S/C30H27F4N3O5/c1-28(35)15-42-26-22(28)12-24(37-25(26)17-5-7-20(31)8-6-17)29(40,30(32,33)34)14-36-27(39)19-10-18-4-3-16(13-38)9-21(18)23(11-19)41-2/h3-12,38,40H,13-15,35H2,1-2H3,(H,36,39)/t28-,29?/m1/s1. The minimum absolute atomic E-state index is 0.0162. The third kappa shape index (κ3) is 5.13. The van der Waals surface area contributed by atoms with Gasteiger partial charge in [0.15, 0.2) is 5.75 Å². The number of nitrogens with zero attached hydrogens (tertiary/aromatic N) is 1. The number of hydrogen-bond donors (Lipinski definition) is 4. The van der Waals surface area contributed by atoms with Crippen LogP contribution in [0.3, 0.4) is 0 Å². The van der Waals surface area contributed by atoms with Crippen LogP contribution in [0, 0.1) is 5.82 Å². The molecule has 220 valence electrons. The number of nitrogens with one attached hydrogen (secondary N) is 1. The molecule has 4 aromatic rings. The fourth-order valence-electron chi connectivity index (χ4n) is 4.83. The molecule has 8 nitrogen and oxygen atoms in total. The van der Waals surface area contributed by atoms with Crippen LogP contribution in [0.25, 0.3) is 22.0 Å². The Balaban J connectivity index is 1.54. The van der Waals surface area contributed by atoms with Crippen molar-refractivity contribution >= 4 is 16.7 Å². The van der Waals surface area contributed by atoms with E-state index in [1.54, 1.807) is 25.1 Å². The topological polar surface area (TPSA) is 127 Å². The molecule has 12 heteroatoms. The van der Waals surface area contributed by atoms with E-state index >= 15 is 0 Å². The average Bonchev–Trinajstić information content (AvgIpc) is 3.28. The van der Waals surface area contributed by atoms with E-state index in [9.17, 15) is 32.6 Å². The van der Waals surface area contributed by atoms with Gasteiger partial charge in [-0.3, -0.25) is 4.79 Å². The number of benzene rings is 3. The predicted molar refractivity (Wildman–Crippen MR) is 145 cm³/mol. The van der Waals surface area contributed by atoms with E-state index in [4.69, 9.17) is 15.2 Å². The molecular weight excluding hydrogens is 558 g/mol. The van der Waals surface area contributed by atoms with Crippen molar-refractivity contribution in [2.75, 3.05) is 20.3 Å². The number of hydrogen-bond acceptors (Lipinski definition) is 7. The van der Waals surface area contributed by atoms with Crippen molar-refractivity contribution in [2.24, 2.45) is 5.73 Å². The molecule has 1 aromatic heterocycles. The van der Waals surface area contributed by atoms with Gasteiger partial charge >= 0.3 is 6.18 Å². The first-order chi connectivity index (χ1) is 19.8. The molecule has 0 aliphatic carbocycles. The maximum Gasteiger partial charge on any atom is 0.424 e. The van der Waals surface area contributed by atoms with Crippen molar-refractivity contribution in [1.82, 2.24) is 10.3 Å². The highest BCUT2D eigenvalue weighted by molar-refractivity contribution is 6.01. The number of pyridine rings is 1. The Labute approximate surface area is 237 Å². The van der Waals surface area contributed by atoms with Crippen molar-refractivity contribution in [3.63, 3.8) is 0 Å². The van der Waals surface area contributed by atoms with E-state index in [2.05, 4.69) is 10.3 Å². The largest absolute Gasteiger partial charge is 0.496 e. The zero-order valence-electron chi connectivity index (χ0n) is 22.6. The summed E-state index contributed by atoms with van der Waals surface area (Å²) in [6.07, 6.45) is -5.28. The fraction of sp³-hybridized carbons (Fsp3) is 0.267. The monoisotopic (exact) mass is 585 g/mol. The summed E-state index contributed by atoms with van der Waals surface area (Å²) in [7, 11) is 1.37. The number of fused-ring (bicyclic) bond motifs is 2. The summed E-state index contributed by atoms with van der Waals surface area (Å²) >= 11 is 0. The van der Waals surface area contributed by atoms with Crippen LogP contribution in [0.1, 0.15) is 34.1 Å².